The number of hydrogen-bond donors (Lipinski definition) is 0. The third-order valence-corrected chi connectivity index (χ3v) is 8.31. The van der Waals surface area contributed by atoms with Gasteiger partial charge in [0.05, 0.1) is 5.52 Å². The van der Waals surface area contributed by atoms with E-state index in [9.17, 15) is 0 Å². The van der Waals surface area contributed by atoms with Crippen LogP contribution in [0.4, 0.5) is 0 Å². The van der Waals surface area contributed by atoms with Crippen molar-refractivity contribution >= 4 is 43.6 Å². The molecule has 3 heterocycles. The van der Waals surface area contributed by atoms with Crippen LogP contribution in [0.5, 0.6) is 0 Å². The second-order valence-corrected chi connectivity index (χ2v) is 11.1. The lowest BCUT2D eigenvalue weighted by molar-refractivity contribution is 0.669. The molecular formula is C40H24N4O. The van der Waals surface area contributed by atoms with E-state index in [1.54, 1.807) is 0 Å². The van der Waals surface area contributed by atoms with Crippen LogP contribution in [0.15, 0.2) is 150 Å². The smallest absolute Gasteiger partial charge is 0.182 e. The summed E-state index contributed by atoms with van der Waals surface area (Å²) in [6.07, 6.45) is 0. The van der Waals surface area contributed by atoms with Crippen LogP contribution in [0.3, 0.4) is 0 Å². The Morgan fingerprint density at radius 3 is 2.00 bits per heavy atom. The fourth-order valence-electron chi connectivity index (χ4n) is 6.09. The summed E-state index contributed by atoms with van der Waals surface area (Å²) in [4.78, 5) is 20.0. The van der Waals surface area contributed by atoms with Crippen LogP contribution in [0, 0.1) is 0 Å². The maximum atomic E-state index is 6.20. The van der Waals surface area contributed by atoms with Crippen molar-refractivity contribution in [2.45, 2.75) is 0 Å². The molecule has 45 heavy (non-hydrogen) atoms. The van der Waals surface area contributed by atoms with Crippen molar-refractivity contribution in [1.82, 2.24) is 19.9 Å². The Labute approximate surface area is 258 Å². The van der Waals surface area contributed by atoms with Crippen LogP contribution in [0.25, 0.3) is 89.0 Å². The average Bonchev–Trinajstić information content (AvgIpc) is 3.50. The molecule has 9 rings (SSSR count). The molecule has 210 valence electrons. The van der Waals surface area contributed by atoms with E-state index in [1.165, 1.54) is 11.1 Å². The van der Waals surface area contributed by atoms with E-state index >= 15 is 0 Å². The summed E-state index contributed by atoms with van der Waals surface area (Å²) >= 11 is 0. The molecule has 0 aliphatic carbocycles. The van der Waals surface area contributed by atoms with Gasteiger partial charge < -0.3 is 4.42 Å². The predicted molar refractivity (Wildman–Crippen MR) is 182 cm³/mol. The molecule has 9 aromatic rings. The lowest BCUT2D eigenvalue weighted by atomic mass is 10.00. The van der Waals surface area contributed by atoms with Gasteiger partial charge in [-0.1, -0.05) is 109 Å². The molecule has 0 radical (unpaired) electrons. The van der Waals surface area contributed by atoms with E-state index in [2.05, 4.69) is 78.9 Å². The first kappa shape index (κ1) is 25.3. The molecule has 0 spiro atoms. The van der Waals surface area contributed by atoms with Crippen molar-refractivity contribution in [3.8, 4) is 45.4 Å². The van der Waals surface area contributed by atoms with E-state index in [4.69, 9.17) is 24.4 Å². The molecule has 0 atom stereocenters. The first-order valence-electron chi connectivity index (χ1n) is 14.9. The van der Waals surface area contributed by atoms with E-state index in [-0.39, 0.29) is 0 Å². The van der Waals surface area contributed by atoms with Gasteiger partial charge in [0.1, 0.15) is 16.9 Å². The number of rotatable bonds is 4. The highest BCUT2D eigenvalue weighted by Crippen LogP contribution is 2.37. The van der Waals surface area contributed by atoms with Crippen molar-refractivity contribution in [3.63, 3.8) is 0 Å². The fourth-order valence-corrected chi connectivity index (χ4v) is 6.09. The third kappa shape index (κ3) is 4.41. The monoisotopic (exact) mass is 576 g/mol. The van der Waals surface area contributed by atoms with Gasteiger partial charge in [-0.05, 0) is 58.3 Å². The minimum absolute atomic E-state index is 0.519. The number of hydrogen-bond acceptors (Lipinski definition) is 5. The fraction of sp³-hybridized carbons (Fsp3) is 0. The van der Waals surface area contributed by atoms with Gasteiger partial charge in [-0.15, -0.1) is 0 Å². The van der Waals surface area contributed by atoms with Crippen LogP contribution in [-0.4, -0.2) is 19.9 Å². The Morgan fingerprint density at radius 2 is 1.09 bits per heavy atom. The number of pyridine rings is 1. The van der Waals surface area contributed by atoms with Crippen LogP contribution in [-0.2, 0) is 0 Å². The zero-order chi connectivity index (χ0) is 29.7. The Hall–Kier alpha value is -6.20. The molecule has 0 fully saturated rings. The molecule has 0 saturated heterocycles. The Balaban J connectivity index is 1.25. The summed E-state index contributed by atoms with van der Waals surface area (Å²) in [6.45, 7) is 0. The van der Waals surface area contributed by atoms with E-state index in [0.717, 1.165) is 54.7 Å². The number of furan rings is 1. The predicted octanol–water partition coefficient (Wildman–Crippen LogP) is 10.1. The topological polar surface area (TPSA) is 64.7 Å². The summed E-state index contributed by atoms with van der Waals surface area (Å²) in [6, 6.07) is 49.5. The van der Waals surface area contributed by atoms with E-state index in [0.29, 0.717) is 23.2 Å². The van der Waals surface area contributed by atoms with Gasteiger partial charge in [0.15, 0.2) is 17.5 Å². The molecule has 0 aliphatic rings. The highest BCUT2D eigenvalue weighted by molar-refractivity contribution is 6.11. The van der Waals surface area contributed by atoms with Crippen molar-refractivity contribution < 1.29 is 4.42 Å². The van der Waals surface area contributed by atoms with Crippen molar-refractivity contribution in [2.24, 2.45) is 0 Å². The Kier molecular flexibility index (Phi) is 5.74. The van der Waals surface area contributed by atoms with Gasteiger partial charge in [-0.25, -0.2) is 19.9 Å². The van der Waals surface area contributed by atoms with Gasteiger partial charge >= 0.3 is 0 Å². The van der Waals surface area contributed by atoms with E-state index < -0.39 is 0 Å². The number of fused-ring (bicyclic) bond motifs is 5. The summed E-state index contributed by atoms with van der Waals surface area (Å²) < 4.78 is 6.20. The molecule has 0 N–H and O–H groups in total. The van der Waals surface area contributed by atoms with Gasteiger partial charge in [-0.2, -0.15) is 0 Å². The highest BCUT2D eigenvalue weighted by atomic mass is 16.3. The zero-order valence-electron chi connectivity index (χ0n) is 24.1. The van der Waals surface area contributed by atoms with Gasteiger partial charge in [0.25, 0.3) is 0 Å². The molecule has 0 amide bonds. The van der Waals surface area contributed by atoms with Gasteiger partial charge in [-0.3, -0.25) is 0 Å². The first-order chi connectivity index (χ1) is 22.3. The summed E-state index contributed by atoms with van der Waals surface area (Å²) in [5.74, 6) is 1.68. The molecule has 3 aromatic heterocycles. The summed E-state index contributed by atoms with van der Waals surface area (Å²) in [5, 5.41) is 5.34. The quantitative estimate of drug-likeness (QED) is 0.209. The molecule has 5 nitrogen and oxygen atoms in total. The number of para-hydroxylation sites is 2. The average molecular weight is 577 g/mol. The van der Waals surface area contributed by atoms with Crippen LogP contribution in [0.1, 0.15) is 0 Å². The molecule has 0 aliphatic heterocycles. The SMILES string of the molecule is c1ccc(-c2ccc3cc(-c4nc(-c5ccc6ccccc6n5)nc(-c5cccc6oc7ccccc7c56)n4)ccc3c2)cc1. The summed E-state index contributed by atoms with van der Waals surface area (Å²) in [5.41, 5.74) is 7.37. The molecule has 0 bridgehead atoms. The molecular weight excluding hydrogens is 552 g/mol. The standard InChI is InChI=1S/C40H24N4O/c1-2-9-25(10-3-1)27-17-18-29-24-30(20-19-28(29)23-27)38-42-39(32-13-8-16-36-37(32)31-12-5-7-15-35(31)45-36)44-40(43-38)34-22-21-26-11-4-6-14-33(26)41-34/h1-24H. The largest absolute Gasteiger partial charge is 0.456 e. The van der Waals surface area contributed by atoms with Crippen LogP contribution >= 0.6 is 0 Å². The molecule has 0 unspecified atom stereocenters. The van der Waals surface area contributed by atoms with Crippen LogP contribution < -0.4 is 0 Å². The second kappa shape index (κ2) is 10.2. The maximum Gasteiger partial charge on any atom is 0.182 e. The highest BCUT2D eigenvalue weighted by Gasteiger charge is 2.18. The summed E-state index contributed by atoms with van der Waals surface area (Å²) in [7, 11) is 0. The Bertz CT molecular complexity index is 2550. The lowest BCUT2D eigenvalue weighted by Gasteiger charge is -2.10. The second-order valence-electron chi connectivity index (χ2n) is 11.1. The Morgan fingerprint density at radius 1 is 0.400 bits per heavy atom. The van der Waals surface area contributed by atoms with Gasteiger partial charge in [0, 0.05) is 27.3 Å². The third-order valence-electron chi connectivity index (χ3n) is 8.31. The maximum absolute atomic E-state index is 6.20. The van der Waals surface area contributed by atoms with Gasteiger partial charge in [0.2, 0.25) is 0 Å². The van der Waals surface area contributed by atoms with Crippen molar-refractivity contribution in [3.05, 3.63) is 146 Å². The number of nitrogens with zero attached hydrogens (tertiary/aromatic N) is 4. The first-order valence-corrected chi connectivity index (χ1v) is 14.9. The number of benzene rings is 6. The van der Waals surface area contributed by atoms with Crippen LogP contribution in [0.2, 0.25) is 0 Å². The zero-order valence-corrected chi connectivity index (χ0v) is 24.1. The molecule has 5 heteroatoms. The minimum Gasteiger partial charge on any atom is -0.456 e. The normalized spacial score (nSPS) is 11.6. The molecule has 6 aromatic carbocycles. The minimum atomic E-state index is 0.519. The number of aromatic nitrogens is 4. The molecule has 0 saturated carbocycles. The lowest BCUT2D eigenvalue weighted by Crippen LogP contribution is -2.01. The van der Waals surface area contributed by atoms with E-state index in [1.807, 2.05) is 66.7 Å². The van der Waals surface area contributed by atoms with Crippen molar-refractivity contribution in [1.29, 1.82) is 0 Å². The van der Waals surface area contributed by atoms with Crippen molar-refractivity contribution in [2.75, 3.05) is 0 Å².